The van der Waals surface area contributed by atoms with E-state index >= 15 is 0 Å². The smallest absolute Gasteiger partial charge is 0.327 e. The molecule has 0 fully saturated rings. The van der Waals surface area contributed by atoms with E-state index in [-0.39, 0.29) is 13.1 Å². The van der Waals surface area contributed by atoms with E-state index in [9.17, 15) is 18.0 Å². The standard InChI is InChI=1S/C20H18F3NO/c21-20(22,23)19(25)24(15-7-13-17-9-3-1-4-10-17)16-8-14-18-11-5-2-6-12-18/h1-14H,15-16H2/b13-7+,14-8+. The Bertz CT molecular complexity index is 670. The molecule has 2 aromatic carbocycles. The number of hydrogen-bond acceptors (Lipinski definition) is 1. The van der Waals surface area contributed by atoms with Crippen LogP contribution in [0.5, 0.6) is 0 Å². The molecule has 2 aromatic rings. The fourth-order valence-corrected chi connectivity index (χ4v) is 2.18. The Kier molecular flexibility index (Phi) is 6.57. The molecule has 2 rings (SSSR count). The third kappa shape index (κ3) is 6.30. The summed E-state index contributed by atoms with van der Waals surface area (Å²) in [5.74, 6) is -1.84. The van der Waals surface area contributed by atoms with Gasteiger partial charge in [-0.05, 0) is 11.1 Å². The van der Waals surface area contributed by atoms with Gasteiger partial charge in [-0.1, -0.05) is 85.0 Å². The zero-order valence-corrected chi connectivity index (χ0v) is 13.5. The van der Waals surface area contributed by atoms with Crippen LogP contribution in [0, 0.1) is 0 Å². The van der Waals surface area contributed by atoms with Crippen molar-refractivity contribution in [2.45, 2.75) is 6.18 Å². The summed E-state index contributed by atoms with van der Waals surface area (Å²) in [4.78, 5) is 12.3. The van der Waals surface area contributed by atoms with Gasteiger partial charge in [0.15, 0.2) is 0 Å². The van der Waals surface area contributed by atoms with Gasteiger partial charge in [-0.3, -0.25) is 4.79 Å². The topological polar surface area (TPSA) is 20.3 Å². The third-order valence-electron chi connectivity index (χ3n) is 3.40. The largest absolute Gasteiger partial charge is 0.471 e. The van der Waals surface area contributed by atoms with Gasteiger partial charge in [-0.2, -0.15) is 13.2 Å². The number of hydrogen-bond donors (Lipinski definition) is 0. The molecule has 0 aliphatic heterocycles. The molecular weight excluding hydrogens is 327 g/mol. The molecule has 0 unspecified atom stereocenters. The van der Waals surface area contributed by atoms with Gasteiger partial charge < -0.3 is 4.90 Å². The van der Waals surface area contributed by atoms with E-state index in [1.54, 1.807) is 24.3 Å². The van der Waals surface area contributed by atoms with Crippen LogP contribution in [0.3, 0.4) is 0 Å². The Morgan fingerprint density at radius 2 is 1.20 bits per heavy atom. The van der Waals surface area contributed by atoms with Gasteiger partial charge in [0.1, 0.15) is 0 Å². The lowest BCUT2D eigenvalue weighted by Gasteiger charge is -2.20. The molecule has 2 nitrogen and oxygen atoms in total. The number of nitrogens with zero attached hydrogens (tertiary/aromatic N) is 1. The Morgan fingerprint density at radius 3 is 1.56 bits per heavy atom. The van der Waals surface area contributed by atoms with Gasteiger partial charge in [0.05, 0.1) is 0 Å². The first-order valence-corrected chi connectivity index (χ1v) is 7.76. The second-order valence-electron chi connectivity index (χ2n) is 5.33. The van der Waals surface area contributed by atoms with E-state index in [4.69, 9.17) is 0 Å². The molecule has 0 radical (unpaired) electrons. The lowest BCUT2D eigenvalue weighted by atomic mass is 10.2. The Balaban J connectivity index is 2.04. The molecule has 0 aliphatic rings. The first-order valence-electron chi connectivity index (χ1n) is 7.76. The minimum absolute atomic E-state index is 0.119. The minimum Gasteiger partial charge on any atom is -0.327 e. The molecule has 0 saturated heterocycles. The van der Waals surface area contributed by atoms with Crippen molar-refractivity contribution in [3.05, 3.63) is 83.9 Å². The Hall–Kier alpha value is -2.82. The summed E-state index contributed by atoms with van der Waals surface area (Å²) < 4.78 is 38.3. The first-order chi connectivity index (χ1) is 12.0. The van der Waals surface area contributed by atoms with Crippen LogP contribution in [0.1, 0.15) is 11.1 Å². The summed E-state index contributed by atoms with van der Waals surface area (Å²) in [6.45, 7) is -0.237. The lowest BCUT2D eigenvalue weighted by Crippen LogP contribution is -2.41. The maximum Gasteiger partial charge on any atom is 0.471 e. The van der Waals surface area contributed by atoms with Crippen LogP contribution in [0.2, 0.25) is 0 Å². The minimum atomic E-state index is -4.89. The second kappa shape index (κ2) is 8.87. The van der Waals surface area contributed by atoms with Crippen LogP contribution in [0.15, 0.2) is 72.8 Å². The number of halogens is 3. The summed E-state index contributed by atoms with van der Waals surface area (Å²) in [6, 6.07) is 18.4. The molecule has 0 aromatic heterocycles. The molecule has 0 bridgehead atoms. The van der Waals surface area contributed by atoms with Crippen molar-refractivity contribution in [2.75, 3.05) is 13.1 Å². The molecule has 5 heteroatoms. The Labute approximate surface area is 144 Å². The zero-order valence-electron chi connectivity index (χ0n) is 13.5. The second-order valence-corrected chi connectivity index (χ2v) is 5.33. The van der Waals surface area contributed by atoms with Crippen molar-refractivity contribution in [3.8, 4) is 0 Å². The van der Waals surface area contributed by atoms with Crippen molar-refractivity contribution in [1.82, 2.24) is 4.90 Å². The SMILES string of the molecule is O=C(N(C/C=C/c1ccccc1)C/C=C/c1ccccc1)C(F)(F)F. The molecule has 0 aliphatic carbocycles. The van der Waals surface area contributed by atoms with E-state index < -0.39 is 12.1 Å². The van der Waals surface area contributed by atoms with E-state index in [1.807, 2.05) is 60.7 Å². The number of carbonyl (C=O) groups is 1. The van der Waals surface area contributed by atoms with Crippen LogP contribution in [0.25, 0.3) is 12.2 Å². The van der Waals surface area contributed by atoms with E-state index in [1.165, 1.54) is 0 Å². The highest BCUT2D eigenvalue weighted by molar-refractivity contribution is 5.82. The van der Waals surface area contributed by atoms with Crippen molar-refractivity contribution < 1.29 is 18.0 Å². The molecule has 25 heavy (non-hydrogen) atoms. The fraction of sp³-hybridized carbons (Fsp3) is 0.150. The number of carbonyl (C=O) groups excluding carboxylic acids is 1. The van der Waals surface area contributed by atoms with E-state index in [0.717, 1.165) is 16.0 Å². The van der Waals surface area contributed by atoms with Crippen LogP contribution in [0.4, 0.5) is 13.2 Å². The molecule has 1 amide bonds. The monoisotopic (exact) mass is 345 g/mol. The number of amides is 1. The van der Waals surface area contributed by atoms with Gasteiger partial charge >= 0.3 is 12.1 Å². The average Bonchev–Trinajstić information content (AvgIpc) is 2.61. The molecule has 0 N–H and O–H groups in total. The van der Waals surface area contributed by atoms with Crippen LogP contribution < -0.4 is 0 Å². The highest BCUT2D eigenvalue weighted by Gasteiger charge is 2.41. The van der Waals surface area contributed by atoms with Crippen molar-refractivity contribution >= 4 is 18.1 Å². The molecule has 0 spiro atoms. The molecule has 0 heterocycles. The maximum atomic E-state index is 12.8. The van der Waals surface area contributed by atoms with Gasteiger partial charge in [-0.15, -0.1) is 0 Å². The van der Waals surface area contributed by atoms with Gasteiger partial charge in [-0.25, -0.2) is 0 Å². The van der Waals surface area contributed by atoms with Gasteiger partial charge in [0, 0.05) is 13.1 Å². The van der Waals surface area contributed by atoms with Gasteiger partial charge in [0.25, 0.3) is 0 Å². The highest BCUT2D eigenvalue weighted by atomic mass is 19.4. The molecular formula is C20H18F3NO. The number of benzene rings is 2. The lowest BCUT2D eigenvalue weighted by molar-refractivity contribution is -0.184. The predicted molar refractivity (Wildman–Crippen MR) is 93.6 cm³/mol. The molecule has 130 valence electrons. The van der Waals surface area contributed by atoms with E-state index in [0.29, 0.717) is 0 Å². The zero-order chi connectivity index (χ0) is 18.1. The van der Waals surface area contributed by atoms with Crippen molar-refractivity contribution in [3.63, 3.8) is 0 Å². The van der Waals surface area contributed by atoms with Crippen LogP contribution in [-0.2, 0) is 4.79 Å². The summed E-state index contributed by atoms with van der Waals surface area (Å²) >= 11 is 0. The van der Waals surface area contributed by atoms with Crippen LogP contribution in [-0.4, -0.2) is 30.1 Å². The quantitative estimate of drug-likeness (QED) is 0.736. The number of rotatable bonds is 6. The normalized spacial score (nSPS) is 12.0. The average molecular weight is 345 g/mol. The summed E-state index contributed by atoms with van der Waals surface area (Å²) in [5.41, 5.74) is 1.73. The summed E-state index contributed by atoms with van der Waals surface area (Å²) in [6.07, 6.45) is 1.60. The van der Waals surface area contributed by atoms with E-state index in [2.05, 4.69) is 0 Å². The van der Waals surface area contributed by atoms with Gasteiger partial charge in [0.2, 0.25) is 0 Å². The predicted octanol–water partition coefficient (Wildman–Crippen LogP) is 4.80. The van der Waals surface area contributed by atoms with Crippen LogP contribution >= 0.6 is 0 Å². The molecule has 0 saturated carbocycles. The fourth-order valence-electron chi connectivity index (χ4n) is 2.18. The number of alkyl halides is 3. The summed E-state index contributed by atoms with van der Waals surface area (Å²) in [5, 5.41) is 0. The Morgan fingerprint density at radius 1 is 0.800 bits per heavy atom. The van der Waals surface area contributed by atoms with Crippen molar-refractivity contribution in [2.24, 2.45) is 0 Å². The highest BCUT2D eigenvalue weighted by Crippen LogP contribution is 2.18. The first kappa shape index (κ1) is 18.5. The third-order valence-corrected chi connectivity index (χ3v) is 3.40. The maximum absolute atomic E-state index is 12.8. The molecule has 0 atom stereocenters. The van der Waals surface area contributed by atoms with Crippen molar-refractivity contribution in [1.29, 1.82) is 0 Å². The summed E-state index contributed by atoms with van der Waals surface area (Å²) in [7, 11) is 0.